The third-order valence-electron chi connectivity index (χ3n) is 3.75. The topological polar surface area (TPSA) is 12.0 Å². The summed E-state index contributed by atoms with van der Waals surface area (Å²) in [5.74, 6) is 0. The van der Waals surface area contributed by atoms with Crippen LogP contribution in [0.15, 0.2) is 22.7 Å². The number of aryl methyl sites for hydroxylation is 1. The van der Waals surface area contributed by atoms with Crippen molar-refractivity contribution in [2.24, 2.45) is 5.41 Å². The third kappa shape index (κ3) is 3.48. The summed E-state index contributed by atoms with van der Waals surface area (Å²) < 4.78 is 1.19. The molecule has 1 aliphatic carbocycles. The molecule has 1 N–H and O–H groups in total. The van der Waals surface area contributed by atoms with Gasteiger partial charge in [-0.2, -0.15) is 0 Å². The number of hydrogen-bond donors (Lipinski definition) is 1. The highest BCUT2D eigenvalue weighted by Gasteiger charge is 2.27. The third-order valence-corrected chi connectivity index (χ3v) is 4.60. The second-order valence-electron chi connectivity index (χ2n) is 6.07. The molecule has 1 aliphatic rings. The zero-order valence-corrected chi connectivity index (χ0v) is 12.6. The normalized spacial score (nSPS) is 23.4. The second kappa shape index (κ2) is 5.01. The van der Waals surface area contributed by atoms with Crippen molar-refractivity contribution < 1.29 is 0 Å². The highest BCUT2D eigenvalue weighted by atomic mass is 79.9. The molecule has 0 heterocycles. The van der Waals surface area contributed by atoms with E-state index in [2.05, 4.69) is 60.2 Å². The zero-order valence-electron chi connectivity index (χ0n) is 11.0. The van der Waals surface area contributed by atoms with Crippen LogP contribution in [0.1, 0.15) is 45.1 Å². The van der Waals surface area contributed by atoms with Crippen molar-refractivity contribution in [1.82, 2.24) is 0 Å². The number of halogens is 1. The summed E-state index contributed by atoms with van der Waals surface area (Å²) in [5, 5.41) is 3.67. The van der Waals surface area contributed by atoms with Gasteiger partial charge in [0.1, 0.15) is 0 Å². The number of hydrogen-bond acceptors (Lipinski definition) is 1. The van der Waals surface area contributed by atoms with Crippen molar-refractivity contribution in [3.05, 3.63) is 28.2 Å². The van der Waals surface area contributed by atoms with Gasteiger partial charge < -0.3 is 5.32 Å². The molecule has 0 spiro atoms. The second-order valence-corrected chi connectivity index (χ2v) is 6.92. The lowest BCUT2D eigenvalue weighted by molar-refractivity contribution is 0.229. The van der Waals surface area contributed by atoms with Crippen molar-refractivity contribution in [2.75, 3.05) is 5.32 Å². The molecule has 17 heavy (non-hydrogen) atoms. The summed E-state index contributed by atoms with van der Waals surface area (Å²) in [5.41, 5.74) is 3.03. The van der Waals surface area contributed by atoms with Crippen molar-refractivity contribution >= 4 is 21.6 Å². The monoisotopic (exact) mass is 295 g/mol. The van der Waals surface area contributed by atoms with Crippen LogP contribution in [0.5, 0.6) is 0 Å². The molecule has 1 aromatic carbocycles. The van der Waals surface area contributed by atoms with Gasteiger partial charge in [0.05, 0.1) is 0 Å². The maximum absolute atomic E-state index is 3.67. The largest absolute Gasteiger partial charge is 0.382 e. The molecule has 1 saturated carbocycles. The first-order valence-electron chi connectivity index (χ1n) is 6.49. The quantitative estimate of drug-likeness (QED) is 0.797. The van der Waals surface area contributed by atoms with E-state index in [0.717, 1.165) is 0 Å². The Balaban J connectivity index is 2.03. The summed E-state index contributed by atoms with van der Waals surface area (Å²) in [4.78, 5) is 0. The summed E-state index contributed by atoms with van der Waals surface area (Å²) in [6.45, 7) is 6.88. The standard InChI is InChI=1S/C15H22BrN/c1-11-6-7-12(9-14(11)16)17-13-5-4-8-15(2,3)10-13/h6-7,9,13,17H,4-5,8,10H2,1-3H3. The van der Waals surface area contributed by atoms with Crippen molar-refractivity contribution in [3.8, 4) is 0 Å². The van der Waals surface area contributed by atoms with Crippen LogP contribution in [-0.4, -0.2) is 6.04 Å². The van der Waals surface area contributed by atoms with E-state index in [-0.39, 0.29) is 0 Å². The molecule has 2 heteroatoms. The van der Waals surface area contributed by atoms with Crippen molar-refractivity contribution in [2.45, 2.75) is 52.5 Å². The van der Waals surface area contributed by atoms with Crippen LogP contribution in [-0.2, 0) is 0 Å². The van der Waals surface area contributed by atoms with E-state index in [1.807, 2.05) is 0 Å². The number of benzene rings is 1. The Hall–Kier alpha value is -0.500. The average molecular weight is 296 g/mol. The van der Waals surface area contributed by atoms with E-state index in [0.29, 0.717) is 11.5 Å². The van der Waals surface area contributed by atoms with Crippen LogP contribution in [0.3, 0.4) is 0 Å². The van der Waals surface area contributed by atoms with Gasteiger partial charge in [-0.25, -0.2) is 0 Å². The van der Waals surface area contributed by atoms with Gasteiger partial charge in [-0.15, -0.1) is 0 Å². The van der Waals surface area contributed by atoms with Crippen molar-refractivity contribution in [3.63, 3.8) is 0 Å². The first kappa shape index (κ1) is 12.9. The number of anilines is 1. The lowest BCUT2D eigenvalue weighted by Crippen LogP contribution is -2.31. The molecular weight excluding hydrogens is 274 g/mol. The van der Waals surface area contributed by atoms with E-state index < -0.39 is 0 Å². The van der Waals surface area contributed by atoms with E-state index in [1.54, 1.807) is 0 Å². The summed E-state index contributed by atoms with van der Waals surface area (Å²) in [6.07, 6.45) is 5.29. The molecule has 0 aromatic heterocycles. The van der Waals surface area contributed by atoms with Gasteiger partial charge in [0.15, 0.2) is 0 Å². The van der Waals surface area contributed by atoms with E-state index in [9.17, 15) is 0 Å². The highest BCUT2D eigenvalue weighted by molar-refractivity contribution is 9.10. The van der Waals surface area contributed by atoms with Crippen LogP contribution in [0.25, 0.3) is 0 Å². The molecule has 0 saturated heterocycles. The smallest absolute Gasteiger partial charge is 0.0353 e. The summed E-state index contributed by atoms with van der Waals surface area (Å²) >= 11 is 3.59. The molecule has 0 amide bonds. The summed E-state index contributed by atoms with van der Waals surface area (Å²) in [6, 6.07) is 7.17. The van der Waals surface area contributed by atoms with E-state index in [4.69, 9.17) is 0 Å². The average Bonchev–Trinajstić information content (AvgIpc) is 2.22. The Morgan fingerprint density at radius 3 is 2.76 bits per heavy atom. The highest BCUT2D eigenvalue weighted by Crippen LogP contribution is 2.36. The van der Waals surface area contributed by atoms with E-state index >= 15 is 0 Å². The summed E-state index contributed by atoms with van der Waals surface area (Å²) in [7, 11) is 0. The molecule has 94 valence electrons. The van der Waals surface area contributed by atoms with Gasteiger partial charge >= 0.3 is 0 Å². The molecule has 1 unspecified atom stereocenters. The number of nitrogens with one attached hydrogen (secondary N) is 1. The maximum Gasteiger partial charge on any atom is 0.0353 e. The van der Waals surface area contributed by atoms with Crippen molar-refractivity contribution in [1.29, 1.82) is 0 Å². The first-order chi connectivity index (χ1) is 7.96. The molecule has 2 rings (SSSR count). The van der Waals surface area contributed by atoms with Gasteiger partial charge in [-0.1, -0.05) is 42.3 Å². The Morgan fingerprint density at radius 2 is 2.12 bits per heavy atom. The van der Waals surface area contributed by atoms with Gasteiger partial charge in [-0.05, 0) is 49.3 Å². The lowest BCUT2D eigenvalue weighted by Gasteiger charge is -2.36. The van der Waals surface area contributed by atoms with Crippen LogP contribution < -0.4 is 5.32 Å². The van der Waals surface area contributed by atoms with E-state index in [1.165, 1.54) is 41.4 Å². The molecule has 1 atom stereocenters. The minimum atomic E-state index is 0.498. The minimum Gasteiger partial charge on any atom is -0.382 e. The Kier molecular flexibility index (Phi) is 3.82. The molecule has 0 bridgehead atoms. The fourth-order valence-corrected chi connectivity index (χ4v) is 3.12. The van der Waals surface area contributed by atoms with Crippen LogP contribution >= 0.6 is 15.9 Å². The molecule has 1 aromatic rings. The van der Waals surface area contributed by atoms with Crippen LogP contribution in [0.2, 0.25) is 0 Å². The van der Waals surface area contributed by atoms with Crippen LogP contribution in [0.4, 0.5) is 5.69 Å². The zero-order chi connectivity index (χ0) is 12.5. The molecular formula is C15H22BrN. The maximum atomic E-state index is 3.67. The van der Waals surface area contributed by atoms with Gasteiger partial charge in [0.25, 0.3) is 0 Å². The fourth-order valence-electron chi connectivity index (χ4n) is 2.74. The Bertz CT molecular complexity index is 398. The first-order valence-corrected chi connectivity index (χ1v) is 7.28. The van der Waals surface area contributed by atoms with Gasteiger partial charge in [-0.3, -0.25) is 0 Å². The predicted octanol–water partition coefficient (Wildman–Crippen LogP) is 5.14. The van der Waals surface area contributed by atoms with Gasteiger partial charge in [0, 0.05) is 16.2 Å². The Labute approximate surface area is 113 Å². The lowest BCUT2D eigenvalue weighted by atomic mass is 9.75. The molecule has 1 nitrogen and oxygen atoms in total. The molecule has 1 fully saturated rings. The van der Waals surface area contributed by atoms with Crippen LogP contribution in [0, 0.1) is 12.3 Å². The fraction of sp³-hybridized carbons (Fsp3) is 0.600. The molecule has 0 aliphatic heterocycles. The SMILES string of the molecule is Cc1ccc(NC2CCCC(C)(C)C2)cc1Br. The van der Waals surface area contributed by atoms with Gasteiger partial charge in [0.2, 0.25) is 0 Å². The predicted molar refractivity (Wildman–Crippen MR) is 78.5 cm³/mol. The molecule has 0 radical (unpaired) electrons. The minimum absolute atomic E-state index is 0.498. The number of rotatable bonds is 2. The Morgan fingerprint density at radius 1 is 1.35 bits per heavy atom.